The van der Waals surface area contributed by atoms with E-state index in [1.807, 2.05) is 0 Å². The topological polar surface area (TPSA) is 104 Å². The van der Waals surface area contributed by atoms with Crippen LogP contribution in [-0.4, -0.2) is 24.1 Å². The number of nitrogens with one attached hydrogen (secondary N) is 1. The first kappa shape index (κ1) is 13.4. The molecule has 1 saturated carbocycles. The summed E-state index contributed by atoms with van der Waals surface area (Å²) >= 11 is 0. The maximum atomic E-state index is 10.5. The average Bonchev–Trinajstić information content (AvgIpc) is 2.03. The van der Waals surface area contributed by atoms with Crippen molar-refractivity contribution in [1.29, 1.82) is 5.41 Å². The zero-order valence-corrected chi connectivity index (χ0v) is 9.18. The van der Waals surface area contributed by atoms with Crippen LogP contribution in [-0.2, 0) is 10.1 Å². The fraction of sp³-hybridized carbons (Fsp3) is 0.875. The van der Waals surface area contributed by atoms with Crippen LogP contribution in [0.1, 0.15) is 39.0 Å². The van der Waals surface area contributed by atoms with Crippen molar-refractivity contribution in [2.45, 2.75) is 44.3 Å². The Morgan fingerprint density at radius 3 is 1.93 bits per heavy atom. The number of nitrogens with two attached hydrogens (primary N) is 1. The summed E-state index contributed by atoms with van der Waals surface area (Å²) in [4.78, 5) is 0. The minimum Gasteiger partial charge on any atom is -0.388 e. The second kappa shape index (κ2) is 5.98. The first-order valence-corrected chi connectivity index (χ1v) is 6.11. The van der Waals surface area contributed by atoms with E-state index in [1.165, 1.54) is 6.92 Å². The van der Waals surface area contributed by atoms with E-state index >= 15 is 0 Å². The zero-order valence-electron chi connectivity index (χ0n) is 8.36. The summed E-state index contributed by atoms with van der Waals surface area (Å²) in [6.07, 6.45) is 4.25. The van der Waals surface area contributed by atoms with Crippen LogP contribution in [0.15, 0.2) is 0 Å². The molecule has 1 fully saturated rings. The molecule has 0 aromatic carbocycles. The summed E-state index contributed by atoms with van der Waals surface area (Å²) in [5.74, 6) is 0.167. The maximum Gasteiger partial charge on any atom is 0.267 e. The largest absolute Gasteiger partial charge is 0.388 e. The van der Waals surface area contributed by atoms with Crippen molar-refractivity contribution in [2.75, 3.05) is 0 Å². The van der Waals surface area contributed by atoms with E-state index in [2.05, 4.69) is 0 Å². The summed E-state index contributed by atoms with van der Waals surface area (Å²) in [6.45, 7) is 1.53. The molecule has 0 aliphatic heterocycles. The third kappa shape index (κ3) is 6.85. The Balaban J connectivity index is 0.000000364. The van der Waals surface area contributed by atoms with Crippen LogP contribution >= 0.6 is 0 Å². The molecule has 0 saturated heterocycles. The van der Waals surface area contributed by atoms with Gasteiger partial charge in [-0.25, -0.2) is 0 Å². The van der Waals surface area contributed by atoms with Crippen molar-refractivity contribution in [3.63, 3.8) is 0 Å². The number of hydrogen-bond acceptors (Lipinski definition) is 3. The normalized spacial score (nSPS) is 18.1. The lowest BCUT2D eigenvalue weighted by atomic mass is 10.0. The molecular weight excluding hydrogens is 204 g/mol. The van der Waals surface area contributed by atoms with E-state index in [9.17, 15) is 8.42 Å². The molecule has 0 aromatic heterocycles. The maximum absolute atomic E-state index is 10.5. The lowest BCUT2D eigenvalue weighted by molar-refractivity contribution is 0.425. The monoisotopic (exact) mass is 222 g/mol. The van der Waals surface area contributed by atoms with Gasteiger partial charge in [0.25, 0.3) is 10.1 Å². The van der Waals surface area contributed by atoms with E-state index < -0.39 is 15.4 Å². The van der Waals surface area contributed by atoms with Crippen molar-refractivity contribution in [2.24, 2.45) is 5.73 Å². The van der Waals surface area contributed by atoms with Crippen LogP contribution in [0.4, 0.5) is 0 Å². The molecule has 0 heterocycles. The van der Waals surface area contributed by atoms with E-state index in [0.29, 0.717) is 12.8 Å². The van der Waals surface area contributed by atoms with Crippen molar-refractivity contribution in [1.82, 2.24) is 0 Å². The highest BCUT2D eigenvalue weighted by Crippen LogP contribution is 2.22. The lowest BCUT2D eigenvalue weighted by Gasteiger charge is -2.17. The Kier molecular flexibility index (Phi) is 5.71. The highest BCUT2D eigenvalue weighted by atomic mass is 32.2. The van der Waals surface area contributed by atoms with Crippen molar-refractivity contribution in [3.8, 4) is 0 Å². The third-order valence-corrected chi connectivity index (χ3v) is 3.29. The fourth-order valence-electron chi connectivity index (χ4n) is 1.36. The van der Waals surface area contributed by atoms with Gasteiger partial charge in [-0.2, -0.15) is 8.42 Å². The van der Waals surface area contributed by atoms with Crippen LogP contribution in [0.3, 0.4) is 0 Å². The van der Waals surface area contributed by atoms with Crippen molar-refractivity contribution >= 4 is 16.0 Å². The molecule has 0 amide bonds. The number of hydrogen-bond donors (Lipinski definition) is 3. The summed E-state index contributed by atoms with van der Waals surface area (Å²) < 4.78 is 29.7. The van der Waals surface area contributed by atoms with Gasteiger partial charge in [0.05, 0.1) is 11.1 Å². The molecule has 1 aliphatic rings. The second-order valence-electron chi connectivity index (χ2n) is 3.46. The summed E-state index contributed by atoms with van der Waals surface area (Å²) in [7, 11) is -3.73. The third-order valence-electron chi connectivity index (χ3n) is 1.97. The quantitative estimate of drug-likeness (QED) is 0.351. The Hall–Kier alpha value is -0.620. The van der Waals surface area contributed by atoms with Crippen LogP contribution in [0.2, 0.25) is 0 Å². The summed E-state index contributed by atoms with van der Waals surface area (Å²) in [5, 5.41) is 5.81. The summed E-state index contributed by atoms with van der Waals surface area (Å²) in [6, 6.07) is 0. The Morgan fingerprint density at radius 1 is 1.36 bits per heavy atom. The standard InChI is InChI=1S/C6H12O3S.C2H6N2/c7-10(8,9)6-4-2-1-3-5-6;1-2(3)4/h6H,1-5H2,(H,7,8,9);1H3,(H3,3,4). The van der Waals surface area contributed by atoms with Crippen molar-refractivity contribution in [3.05, 3.63) is 0 Å². The molecule has 0 radical (unpaired) electrons. The van der Waals surface area contributed by atoms with Gasteiger partial charge in [0.15, 0.2) is 0 Å². The molecule has 0 aromatic rings. The lowest BCUT2D eigenvalue weighted by Crippen LogP contribution is -2.22. The molecule has 5 nitrogen and oxygen atoms in total. The van der Waals surface area contributed by atoms with E-state index in [-0.39, 0.29) is 5.84 Å². The number of rotatable bonds is 1. The van der Waals surface area contributed by atoms with E-state index in [1.54, 1.807) is 0 Å². The van der Waals surface area contributed by atoms with Crippen LogP contribution < -0.4 is 5.73 Å². The molecule has 84 valence electrons. The van der Waals surface area contributed by atoms with Gasteiger partial charge in [0, 0.05) is 0 Å². The zero-order chi connectivity index (χ0) is 11.2. The predicted molar refractivity (Wildman–Crippen MR) is 56.0 cm³/mol. The van der Waals surface area contributed by atoms with Gasteiger partial charge in [-0.1, -0.05) is 19.3 Å². The van der Waals surface area contributed by atoms with E-state index in [4.69, 9.17) is 15.7 Å². The molecule has 0 bridgehead atoms. The van der Waals surface area contributed by atoms with Gasteiger partial charge in [-0.15, -0.1) is 0 Å². The molecule has 0 unspecified atom stereocenters. The van der Waals surface area contributed by atoms with E-state index in [0.717, 1.165) is 19.3 Å². The Bertz CT molecular complexity index is 264. The van der Waals surface area contributed by atoms with Gasteiger partial charge in [-0.05, 0) is 19.8 Å². The second-order valence-corrected chi connectivity index (χ2v) is 5.15. The fourth-order valence-corrected chi connectivity index (χ4v) is 2.29. The first-order valence-electron chi connectivity index (χ1n) is 4.61. The molecular formula is C8H18N2O3S. The SMILES string of the molecule is CC(=N)N.O=S(=O)(O)C1CCCCC1. The van der Waals surface area contributed by atoms with Gasteiger partial charge in [-0.3, -0.25) is 9.96 Å². The highest BCUT2D eigenvalue weighted by Gasteiger charge is 2.24. The predicted octanol–water partition coefficient (Wildman–Crippen LogP) is 1.15. The minimum atomic E-state index is -3.73. The van der Waals surface area contributed by atoms with Gasteiger partial charge >= 0.3 is 0 Å². The summed E-state index contributed by atoms with van der Waals surface area (Å²) in [5.41, 5.74) is 4.69. The molecule has 14 heavy (non-hydrogen) atoms. The van der Waals surface area contributed by atoms with Gasteiger partial charge < -0.3 is 5.73 Å². The molecule has 6 heteroatoms. The average molecular weight is 222 g/mol. The highest BCUT2D eigenvalue weighted by molar-refractivity contribution is 7.86. The Labute approximate surface area is 84.9 Å². The van der Waals surface area contributed by atoms with Gasteiger partial charge in [0.1, 0.15) is 0 Å². The first-order chi connectivity index (χ1) is 6.34. The molecule has 1 rings (SSSR count). The molecule has 1 aliphatic carbocycles. The van der Waals surface area contributed by atoms with Crippen molar-refractivity contribution < 1.29 is 13.0 Å². The molecule has 4 N–H and O–H groups in total. The Morgan fingerprint density at radius 2 is 1.71 bits per heavy atom. The van der Waals surface area contributed by atoms with Crippen LogP contribution in [0.25, 0.3) is 0 Å². The molecule has 0 atom stereocenters. The minimum absolute atomic E-state index is 0.167. The van der Waals surface area contributed by atoms with Gasteiger partial charge in [0.2, 0.25) is 0 Å². The number of amidine groups is 1. The molecule has 0 spiro atoms. The van der Waals surface area contributed by atoms with Crippen LogP contribution in [0.5, 0.6) is 0 Å². The smallest absolute Gasteiger partial charge is 0.267 e. The van der Waals surface area contributed by atoms with Crippen LogP contribution in [0, 0.1) is 5.41 Å².